The van der Waals surface area contributed by atoms with Crippen LogP contribution in [-0.2, 0) is 4.79 Å². The van der Waals surface area contributed by atoms with Gasteiger partial charge in [0, 0.05) is 23.3 Å². The van der Waals surface area contributed by atoms with Crippen LogP contribution in [0.15, 0.2) is 0 Å². The third-order valence-corrected chi connectivity index (χ3v) is 7.77. The molecule has 168 valence electrons. The molecule has 0 radical (unpaired) electrons. The highest BCUT2D eigenvalue weighted by Crippen LogP contribution is 2.34. The van der Waals surface area contributed by atoms with Gasteiger partial charge >= 0.3 is 0 Å². The van der Waals surface area contributed by atoms with Crippen LogP contribution in [0.1, 0.15) is 52.4 Å². The normalized spacial score (nSPS) is 39.4. The first-order chi connectivity index (χ1) is 13.9. The summed E-state index contributed by atoms with van der Waals surface area (Å²) < 4.78 is 0. The molecule has 0 aromatic carbocycles. The van der Waals surface area contributed by atoms with Crippen molar-refractivity contribution >= 4 is 29.1 Å². The molecule has 8 heteroatoms. The van der Waals surface area contributed by atoms with Gasteiger partial charge in [0.2, 0.25) is 5.91 Å². The topological polar surface area (TPSA) is 85.4 Å². The lowest BCUT2D eigenvalue weighted by Gasteiger charge is -2.38. The minimum atomic E-state index is -0.209. The van der Waals surface area contributed by atoms with Gasteiger partial charge < -0.3 is 21.1 Å². The molecule has 29 heavy (non-hydrogen) atoms. The van der Waals surface area contributed by atoms with Crippen molar-refractivity contribution < 1.29 is 9.90 Å². The number of piperidine rings is 1. The van der Waals surface area contributed by atoms with E-state index in [1.807, 2.05) is 0 Å². The van der Waals surface area contributed by atoms with E-state index in [-0.39, 0.29) is 47.4 Å². The van der Waals surface area contributed by atoms with Crippen LogP contribution < -0.4 is 21.3 Å². The van der Waals surface area contributed by atoms with Gasteiger partial charge in [0.15, 0.2) is 0 Å². The van der Waals surface area contributed by atoms with Gasteiger partial charge in [-0.2, -0.15) is 0 Å². The van der Waals surface area contributed by atoms with Gasteiger partial charge in [0.1, 0.15) is 0 Å². The minimum absolute atomic E-state index is 0.000146. The van der Waals surface area contributed by atoms with Crippen molar-refractivity contribution in [2.75, 3.05) is 19.7 Å². The number of nitrogens with one attached hydrogen (secondary N) is 4. The Morgan fingerprint density at radius 2 is 1.93 bits per heavy atom. The summed E-state index contributed by atoms with van der Waals surface area (Å²) in [6, 6.07) is 0.00641. The SMILES string of the molecule is CC(C)NC1CC(C2CNC(C(=O)N[C@H](CO)C3CCCC(Cl)C3)C2)C(Cl)CN1. The molecular weight excluding hydrogens is 411 g/mol. The Bertz CT molecular complexity index is 539. The van der Waals surface area contributed by atoms with Gasteiger partial charge in [-0.1, -0.05) is 6.42 Å². The highest BCUT2D eigenvalue weighted by Gasteiger charge is 2.40. The molecule has 2 aliphatic heterocycles. The minimum Gasteiger partial charge on any atom is -0.394 e. The average molecular weight is 449 g/mol. The third kappa shape index (κ3) is 6.44. The molecule has 1 aliphatic carbocycles. The highest BCUT2D eigenvalue weighted by molar-refractivity contribution is 6.21. The largest absolute Gasteiger partial charge is 0.394 e. The Morgan fingerprint density at radius 3 is 2.62 bits per heavy atom. The van der Waals surface area contributed by atoms with E-state index in [1.165, 1.54) is 0 Å². The number of hydrogen-bond donors (Lipinski definition) is 5. The summed E-state index contributed by atoms with van der Waals surface area (Å²) in [5.41, 5.74) is 0. The average Bonchev–Trinajstić information content (AvgIpc) is 3.17. The number of carbonyl (C=O) groups excluding carboxylic acids is 1. The first kappa shape index (κ1) is 23.6. The lowest BCUT2D eigenvalue weighted by Crippen LogP contribution is -2.55. The summed E-state index contributed by atoms with van der Waals surface area (Å²) in [5.74, 6) is 1.03. The third-order valence-electron chi connectivity index (χ3n) is 6.90. The van der Waals surface area contributed by atoms with Crippen molar-refractivity contribution in [3.05, 3.63) is 0 Å². The molecule has 3 aliphatic rings. The number of halogens is 2. The number of alkyl halides is 2. The molecule has 7 unspecified atom stereocenters. The summed E-state index contributed by atoms with van der Waals surface area (Å²) >= 11 is 13.0. The van der Waals surface area contributed by atoms with E-state index in [9.17, 15) is 9.90 Å². The molecule has 3 rings (SSSR count). The molecule has 2 heterocycles. The first-order valence-electron chi connectivity index (χ1n) is 11.3. The summed E-state index contributed by atoms with van der Waals surface area (Å²) in [6.07, 6.45) is 6.02. The van der Waals surface area contributed by atoms with E-state index in [1.54, 1.807) is 0 Å². The smallest absolute Gasteiger partial charge is 0.237 e. The van der Waals surface area contributed by atoms with Crippen LogP contribution in [0.2, 0.25) is 0 Å². The summed E-state index contributed by atoms with van der Waals surface area (Å²) in [5, 5.41) is 23.6. The zero-order valence-electron chi connectivity index (χ0n) is 17.7. The van der Waals surface area contributed by atoms with Crippen LogP contribution in [0.3, 0.4) is 0 Å². The van der Waals surface area contributed by atoms with Crippen molar-refractivity contribution in [3.8, 4) is 0 Å². The zero-order valence-corrected chi connectivity index (χ0v) is 19.2. The van der Waals surface area contributed by atoms with Gasteiger partial charge in [-0.15, -0.1) is 23.2 Å². The molecule has 3 fully saturated rings. The Balaban J connectivity index is 1.51. The van der Waals surface area contributed by atoms with Crippen LogP contribution in [0.4, 0.5) is 0 Å². The molecule has 1 saturated carbocycles. The predicted molar refractivity (Wildman–Crippen MR) is 118 cm³/mol. The van der Waals surface area contributed by atoms with E-state index >= 15 is 0 Å². The molecule has 0 aromatic rings. The Morgan fingerprint density at radius 1 is 1.14 bits per heavy atom. The summed E-state index contributed by atoms with van der Waals surface area (Å²) in [4.78, 5) is 12.9. The molecule has 0 bridgehead atoms. The quantitative estimate of drug-likeness (QED) is 0.383. The van der Waals surface area contributed by atoms with E-state index in [0.29, 0.717) is 17.9 Å². The second-order valence-electron chi connectivity index (χ2n) is 9.48. The number of hydrogen-bond acceptors (Lipinski definition) is 5. The number of amides is 1. The van der Waals surface area contributed by atoms with Gasteiger partial charge in [-0.25, -0.2) is 0 Å². The highest BCUT2D eigenvalue weighted by atomic mass is 35.5. The maximum absolute atomic E-state index is 12.9. The standard InChI is InChI=1S/C21H38Cl2N4O2/c1-12(2)26-20-8-16(17(23)10-25-20)14-7-18(24-9-14)21(29)27-19(11-28)13-4-3-5-15(22)6-13/h12-20,24-26,28H,3-11H2,1-2H3,(H,27,29)/t13?,14?,15?,16?,17?,18?,19-,20?/m1/s1. The lowest BCUT2D eigenvalue weighted by atomic mass is 9.81. The Hall–Kier alpha value is -0.110. The lowest BCUT2D eigenvalue weighted by molar-refractivity contribution is -0.124. The first-order valence-corrected chi connectivity index (χ1v) is 12.2. The molecule has 8 atom stereocenters. The molecule has 1 amide bonds. The fourth-order valence-electron chi connectivity index (χ4n) is 5.34. The van der Waals surface area contributed by atoms with Crippen molar-refractivity contribution in [1.82, 2.24) is 21.3 Å². The van der Waals surface area contributed by atoms with Crippen molar-refractivity contribution in [3.63, 3.8) is 0 Å². The number of aliphatic hydroxyl groups is 1. The Kier molecular flexibility index (Phi) is 8.90. The van der Waals surface area contributed by atoms with E-state index in [2.05, 4.69) is 35.1 Å². The van der Waals surface area contributed by atoms with Crippen LogP contribution >= 0.6 is 23.2 Å². The Labute approximate surface area is 185 Å². The van der Waals surface area contributed by atoms with E-state index in [4.69, 9.17) is 23.2 Å². The molecule has 0 aromatic heterocycles. The number of carbonyl (C=O) groups is 1. The fraction of sp³-hybridized carbons (Fsp3) is 0.952. The van der Waals surface area contributed by atoms with Crippen molar-refractivity contribution in [1.29, 1.82) is 0 Å². The molecule has 5 N–H and O–H groups in total. The van der Waals surface area contributed by atoms with Gasteiger partial charge in [-0.05, 0) is 70.3 Å². The maximum Gasteiger partial charge on any atom is 0.237 e. The van der Waals surface area contributed by atoms with Crippen LogP contribution in [0.5, 0.6) is 0 Å². The maximum atomic E-state index is 12.9. The van der Waals surface area contributed by atoms with Gasteiger partial charge in [-0.3, -0.25) is 10.1 Å². The molecule has 0 spiro atoms. The zero-order chi connectivity index (χ0) is 21.0. The molecular formula is C21H38Cl2N4O2. The number of rotatable bonds is 7. The van der Waals surface area contributed by atoms with Crippen LogP contribution in [0, 0.1) is 17.8 Å². The van der Waals surface area contributed by atoms with Gasteiger partial charge in [0.25, 0.3) is 0 Å². The van der Waals surface area contributed by atoms with Gasteiger partial charge in [0.05, 0.1) is 24.9 Å². The predicted octanol–water partition coefficient (Wildman–Crippen LogP) is 1.78. The second-order valence-corrected chi connectivity index (χ2v) is 10.7. The molecule has 2 saturated heterocycles. The van der Waals surface area contributed by atoms with E-state index in [0.717, 1.165) is 51.6 Å². The monoisotopic (exact) mass is 448 g/mol. The van der Waals surface area contributed by atoms with E-state index < -0.39 is 0 Å². The second kappa shape index (κ2) is 11.0. The van der Waals surface area contributed by atoms with Crippen LogP contribution in [0.25, 0.3) is 0 Å². The van der Waals surface area contributed by atoms with Crippen molar-refractivity contribution in [2.45, 2.75) is 87.4 Å². The van der Waals surface area contributed by atoms with Crippen LogP contribution in [-0.4, -0.2) is 65.8 Å². The number of aliphatic hydroxyl groups excluding tert-OH is 1. The molecule has 6 nitrogen and oxygen atoms in total. The summed E-state index contributed by atoms with van der Waals surface area (Å²) in [7, 11) is 0. The fourth-order valence-corrected chi connectivity index (χ4v) is 6.12. The summed E-state index contributed by atoms with van der Waals surface area (Å²) in [6.45, 7) is 5.88. The van der Waals surface area contributed by atoms with Crippen molar-refractivity contribution in [2.24, 2.45) is 17.8 Å².